The molecule has 0 N–H and O–H groups in total. The Hall–Kier alpha value is -2.20. The smallest absolute Gasteiger partial charge is 0.185 e. The number of thioether (sulfide) groups is 1. The number of rotatable bonds is 7. The van der Waals surface area contributed by atoms with Crippen molar-refractivity contribution in [3.05, 3.63) is 65.7 Å². The third kappa shape index (κ3) is 4.63. The maximum atomic E-state index is 12.2. The number of ether oxygens (including phenoxy) is 2. The Balaban J connectivity index is 1.58. The molecule has 1 aliphatic rings. The second-order valence-electron chi connectivity index (χ2n) is 5.26. The topological polar surface area (TPSA) is 35.5 Å². The average molecular weight is 326 g/mol. The predicted molar refractivity (Wildman–Crippen MR) is 94.5 cm³/mol. The zero-order valence-electron chi connectivity index (χ0n) is 12.9. The highest BCUT2D eigenvalue weighted by Crippen LogP contribution is 2.30. The van der Waals surface area contributed by atoms with E-state index in [-0.39, 0.29) is 5.78 Å². The van der Waals surface area contributed by atoms with E-state index in [0.29, 0.717) is 10.8 Å². The fraction of sp³-hybridized carbons (Fsp3) is 0.211. The van der Waals surface area contributed by atoms with Gasteiger partial charge in [0.15, 0.2) is 5.78 Å². The van der Waals surface area contributed by atoms with Crippen molar-refractivity contribution in [2.24, 2.45) is 0 Å². The lowest BCUT2D eigenvalue weighted by Gasteiger charge is -2.04. The molecular formula is C19H18O3S. The summed E-state index contributed by atoms with van der Waals surface area (Å²) >= 11 is 1.91. The standard InChI is InChI=1S/C19H18O3S/c1-21-16-7-2-14(3-8-16)4-11-19(20)15-5-9-17(10-6-15)22-12-18-13-23-18/h2-11,18H,12-13H2,1H3/b11-4+. The van der Waals surface area contributed by atoms with E-state index < -0.39 is 0 Å². The number of hydrogen-bond acceptors (Lipinski definition) is 4. The first-order valence-corrected chi connectivity index (χ1v) is 8.50. The SMILES string of the molecule is COc1ccc(/C=C/C(=O)c2ccc(OCC3CS3)cc2)cc1. The summed E-state index contributed by atoms with van der Waals surface area (Å²) in [5, 5.41) is 0.642. The number of allylic oxidation sites excluding steroid dienone is 1. The lowest BCUT2D eigenvalue weighted by atomic mass is 10.1. The largest absolute Gasteiger partial charge is 0.497 e. The van der Waals surface area contributed by atoms with Crippen LogP contribution in [-0.4, -0.2) is 30.5 Å². The van der Waals surface area contributed by atoms with Crippen molar-refractivity contribution in [1.82, 2.24) is 0 Å². The van der Waals surface area contributed by atoms with E-state index in [1.165, 1.54) is 5.75 Å². The first-order chi connectivity index (χ1) is 11.2. The summed E-state index contributed by atoms with van der Waals surface area (Å²) in [6.07, 6.45) is 3.38. The van der Waals surface area contributed by atoms with Crippen molar-refractivity contribution >= 4 is 23.6 Å². The monoisotopic (exact) mass is 326 g/mol. The van der Waals surface area contributed by atoms with Crippen LogP contribution >= 0.6 is 11.8 Å². The molecule has 0 spiro atoms. The molecule has 0 bridgehead atoms. The van der Waals surface area contributed by atoms with Gasteiger partial charge in [0.05, 0.1) is 7.11 Å². The molecule has 2 aromatic carbocycles. The fourth-order valence-electron chi connectivity index (χ4n) is 2.05. The summed E-state index contributed by atoms with van der Waals surface area (Å²) in [7, 11) is 1.63. The van der Waals surface area contributed by atoms with E-state index in [1.807, 2.05) is 48.2 Å². The summed E-state index contributed by atoms with van der Waals surface area (Å²) in [4.78, 5) is 12.2. The highest BCUT2D eigenvalue weighted by molar-refractivity contribution is 8.06. The molecule has 3 rings (SSSR count). The van der Waals surface area contributed by atoms with Gasteiger partial charge in [0, 0.05) is 16.6 Å². The first-order valence-electron chi connectivity index (χ1n) is 7.45. The summed E-state index contributed by atoms with van der Waals surface area (Å²) in [5.74, 6) is 2.78. The highest BCUT2D eigenvalue weighted by atomic mass is 32.2. The quantitative estimate of drug-likeness (QED) is 0.436. The Morgan fingerprint density at radius 2 is 1.78 bits per heavy atom. The van der Waals surface area contributed by atoms with Crippen LogP contribution in [0.25, 0.3) is 6.08 Å². The maximum absolute atomic E-state index is 12.2. The van der Waals surface area contributed by atoms with Gasteiger partial charge in [0.2, 0.25) is 0 Å². The van der Waals surface area contributed by atoms with Crippen molar-refractivity contribution in [1.29, 1.82) is 0 Å². The van der Waals surface area contributed by atoms with Crippen LogP contribution in [0.4, 0.5) is 0 Å². The zero-order chi connectivity index (χ0) is 16.1. The Bertz CT molecular complexity index is 686. The van der Waals surface area contributed by atoms with Gasteiger partial charge in [0.25, 0.3) is 0 Å². The van der Waals surface area contributed by atoms with Crippen LogP contribution in [-0.2, 0) is 0 Å². The van der Waals surface area contributed by atoms with Crippen LogP contribution in [0.1, 0.15) is 15.9 Å². The van der Waals surface area contributed by atoms with Gasteiger partial charge in [0.1, 0.15) is 18.1 Å². The summed E-state index contributed by atoms with van der Waals surface area (Å²) < 4.78 is 10.8. The normalized spacial score (nSPS) is 16.3. The number of carbonyl (C=O) groups is 1. The molecule has 1 heterocycles. The van der Waals surface area contributed by atoms with Gasteiger partial charge in [-0.2, -0.15) is 11.8 Å². The van der Waals surface area contributed by atoms with Gasteiger partial charge in [-0.25, -0.2) is 0 Å². The van der Waals surface area contributed by atoms with Gasteiger partial charge in [-0.1, -0.05) is 18.2 Å². The lowest BCUT2D eigenvalue weighted by molar-refractivity contribution is 0.104. The molecule has 2 aromatic rings. The van der Waals surface area contributed by atoms with Crippen molar-refractivity contribution < 1.29 is 14.3 Å². The summed E-state index contributed by atoms with van der Waals surface area (Å²) in [6.45, 7) is 0.745. The van der Waals surface area contributed by atoms with Crippen LogP contribution in [0.3, 0.4) is 0 Å². The van der Waals surface area contributed by atoms with Crippen LogP contribution in [0.15, 0.2) is 54.6 Å². The second kappa shape index (κ2) is 7.38. The molecule has 0 aliphatic carbocycles. The van der Waals surface area contributed by atoms with Crippen LogP contribution < -0.4 is 9.47 Å². The second-order valence-corrected chi connectivity index (χ2v) is 6.59. The number of ketones is 1. The number of hydrogen-bond donors (Lipinski definition) is 0. The van der Waals surface area contributed by atoms with Gasteiger partial charge >= 0.3 is 0 Å². The predicted octanol–water partition coefficient (Wildman–Crippen LogP) is 4.09. The molecule has 1 aliphatic heterocycles. The van der Waals surface area contributed by atoms with Gasteiger partial charge in [-0.15, -0.1) is 0 Å². The minimum absolute atomic E-state index is 0.0230. The van der Waals surface area contributed by atoms with Crippen LogP contribution in [0.2, 0.25) is 0 Å². The molecule has 118 valence electrons. The molecule has 0 radical (unpaired) electrons. The lowest BCUT2D eigenvalue weighted by Crippen LogP contribution is -2.03. The molecule has 23 heavy (non-hydrogen) atoms. The summed E-state index contributed by atoms with van der Waals surface area (Å²) in [5.41, 5.74) is 1.61. The minimum Gasteiger partial charge on any atom is -0.497 e. The third-order valence-electron chi connectivity index (χ3n) is 3.52. The number of carbonyl (C=O) groups excluding carboxylic acids is 1. The Morgan fingerprint density at radius 1 is 1.13 bits per heavy atom. The van der Waals surface area contributed by atoms with Crippen molar-refractivity contribution in [2.45, 2.75) is 5.25 Å². The molecule has 0 saturated carbocycles. The molecule has 1 atom stereocenters. The molecule has 0 amide bonds. The summed E-state index contributed by atoms with van der Waals surface area (Å²) in [6, 6.07) is 14.9. The average Bonchev–Trinajstić information content (AvgIpc) is 3.43. The van der Waals surface area contributed by atoms with Crippen molar-refractivity contribution in [3.8, 4) is 11.5 Å². The van der Waals surface area contributed by atoms with Gasteiger partial charge < -0.3 is 9.47 Å². The van der Waals surface area contributed by atoms with Crippen LogP contribution in [0, 0.1) is 0 Å². The molecule has 1 saturated heterocycles. The molecule has 4 heteroatoms. The number of methoxy groups -OCH3 is 1. The Labute approximate surface area is 140 Å². The molecule has 0 aromatic heterocycles. The maximum Gasteiger partial charge on any atom is 0.185 e. The van der Waals surface area contributed by atoms with E-state index in [0.717, 1.165) is 23.7 Å². The fourth-order valence-corrected chi connectivity index (χ4v) is 2.45. The molecule has 1 fully saturated rings. The van der Waals surface area contributed by atoms with Crippen LogP contribution in [0.5, 0.6) is 11.5 Å². The van der Waals surface area contributed by atoms with Gasteiger partial charge in [-0.3, -0.25) is 4.79 Å². The van der Waals surface area contributed by atoms with Crippen molar-refractivity contribution in [2.75, 3.05) is 19.5 Å². The zero-order valence-corrected chi connectivity index (χ0v) is 13.7. The molecule has 3 nitrogen and oxygen atoms in total. The van der Waals surface area contributed by atoms with E-state index >= 15 is 0 Å². The molecule has 1 unspecified atom stereocenters. The Morgan fingerprint density at radius 3 is 2.39 bits per heavy atom. The minimum atomic E-state index is -0.0230. The van der Waals surface area contributed by atoms with Gasteiger partial charge in [-0.05, 0) is 48.0 Å². The first kappa shape index (κ1) is 15.7. The number of benzene rings is 2. The van der Waals surface area contributed by atoms with E-state index in [1.54, 1.807) is 31.4 Å². The van der Waals surface area contributed by atoms with E-state index in [2.05, 4.69) is 0 Å². The van der Waals surface area contributed by atoms with E-state index in [4.69, 9.17) is 9.47 Å². The third-order valence-corrected chi connectivity index (χ3v) is 4.46. The highest BCUT2D eigenvalue weighted by Gasteiger charge is 2.22. The van der Waals surface area contributed by atoms with E-state index in [9.17, 15) is 4.79 Å². The Kier molecular flexibility index (Phi) is 5.03. The van der Waals surface area contributed by atoms with Crippen molar-refractivity contribution in [3.63, 3.8) is 0 Å². The molecular weight excluding hydrogens is 308 g/mol.